The molecule has 7 nitrogen and oxygen atoms in total. The molecule has 0 atom stereocenters. The van der Waals surface area contributed by atoms with E-state index in [1.807, 2.05) is 31.2 Å². The summed E-state index contributed by atoms with van der Waals surface area (Å²) in [5.74, 6) is 1.25. The Kier molecular flexibility index (Phi) is 6.45. The van der Waals surface area contributed by atoms with Crippen LogP contribution in [0, 0.1) is 6.92 Å². The van der Waals surface area contributed by atoms with Crippen LogP contribution in [0.25, 0.3) is 0 Å². The van der Waals surface area contributed by atoms with Gasteiger partial charge < -0.3 is 24.1 Å². The number of anilines is 1. The van der Waals surface area contributed by atoms with E-state index in [0.29, 0.717) is 23.7 Å². The fraction of sp³-hybridized carbons (Fsp3) is 0.333. The normalized spacial score (nSPS) is 10.2. The topological polar surface area (TPSA) is 81.0 Å². The monoisotopic (exact) mass is 346 g/mol. The Morgan fingerprint density at radius 2 is 1.96 bits per heavy atom. The van der Waals surface area contributed by atoms with Crippen LogP contribution in [-0.4, -0.2) is 44.1 Å². The van der Waals surface area contributed by atoms with Crippen molar-refractivity contribution in [3.05, 3.63) is 47.9 Å². The molecule has 2 rings (SSSR count). The van der Waals surface area contributed by atoms with Crippen molar-refractivity contribution in [2.24, 2.45) is 0 Å². The first kappa shape index (κ1) is 18.4. The van der Waals surface area contributed by atoms with Crippen LogP contribution >= 0.6 is 0 Å². The number of amides is 1. The third-order valence-electron chi connectivity index (χ3n) is 3.50. The number of furan rings is 1. The van der Waals surface area contributed by atoms with E-state index in [1.165, 1.54) is 4.90 Å². The van der Waals surface area contributed by atoms with Gasteiger partial charge in [-0.05, 0) is 31.2 Å². The molecule has 0 saturated carbocycles. The van der Waals surface area contributed by atoms with Gasteiger partial charge in [0, 0.05) is 7.05 Å². The minimum Gasteiger partial charge on any atom is -0.495 e. The first-order valence-electron chi connectivity index (χ1n) is 7.81. The molecule has 0 unspecified atom stereocenters. The zero-order chi connectivity index (χ0) is 18.2. The minimum atomic E-state index is -0.526. The summed E-state index contributed by atoms with van der Waals surface area (Å²) >= 11 is 0. The van der Waals surface area contributed by atoms with Gasteiger partial charge in [-0.2, -0.15) is 0 Å². The molecule has 0 fully saturated rings. The fourth-order valence-corrected chi connectivity index (χ4v) is 2.15. The van der Waals surface area contributed by atoms with Gasteiger partial charge in [-0.1, -0.05) is 12.1 Å². The number of nitrogens with one attached hydrogen (secondary N) is 1. The molecule has 1 N–H and O–H groups in total. The molecule has 1 heterocycles. The lowest BCUT2D eigenvalue weighted by atomic mass is 10.3. The van der Waals surface area contributed by atoms with Crippen molar-refractivity contribution in [1.29, 1.82) is 0 Å². The maximum atomic E-state index is 12.0. The summed E-state index contributed by atoms with van der Waals surface area (Å²) < 4.78 is 15.6. The van der Waals surface area contributed by atoms with E-state index < -0.39 is 5.97 Å². The van der Waals surface area contributed by atoms with E-state index in [-0.39, 0.29) is 19.1 Å². The van der Waals surface area contributed by atoms with Crippen LogP contribution in [0.1, 0.15) is 11.5 Å². The lowest BCUT2D eigenvalue weighted by Gasteiger charge is -2.16. The van der Waals surface area contributed by atoms with Crippen LogP contribution in [0.15, 0.2) is 40.8 Å². The number of carbonyl (C=O) groups is 2. The average Bonchev–Trinajstić information content (AvgIpc) is 3.02. The van der Waals surface area contributed by atoms with Crippen LogP contribution in [0.3, 0.4) is 0 Å². The molecule has 2 aromatic rings. The van der Waals surface area contributed by atoms with Gasteiger partial charge in [-0.15, -0.1) is 0 Å². The van der Waals surface area contributed by atoms with Crippen molar-refractivity contribution in [2.75, 3.05) is 32.6 Å². The van der Waals surface area contributed by atoms with Crippen LogP contribution in [0.4, 0.5) is 5.69 Å². The SMILES string of the molecule is COc1ccccc1NCC(=O)OCC(=O)N(C)Cc1ccc(C)o1. The molecule has 25 heavy (non-hydrogen) atoms. The maximum absolute atomic E-state index is 12.0. The molecule has 0 radical (unpaired) electrons. The molecule has 0 aliphatic heterocycles. The minimum absolute atomic E-state index is 0.0608. The number of hydrogen-bond acceptors (Lipinski definition) is 6. The number of nitrogens with zero attached hydrogens (tertiary/aromatic N) is 1. The lowest BCUT2D eigenvalue weighted by molar-refractivity contribution is -0.150. The van der Waals surface area contributed by atoms with Gasteiger partial charge in [0.25, 0.3) is 5.91 Å². The zero-order valence-electron chi connectivity index (χ0n) is 14.6. The van der Waals surface area contributed by atoms with Gasteiger partial charge in [0.1, 0.15) is 23.8 Å². The standard InChI is InChI=1S/C18H22N2O5/c1-13-8-9-14(25-13)11-20(2)17(21)12-24-18(22)10-19-15-6-4-5-7-16(15)23-3/h4-9,19H,10-12H2,1-3H3. The highest BCUT2D eigenvalue weighted by molar-refractivity contribution is 5.82. The molecular formula is C18H22N2O5. The number of benzene rings is 1. The molecule has 134 valence electrons. The predicted octanol–water partition coefficient (Wildman–Crippen LogP) is 2.21. The van der Waals surface area contributed by atoms with E-state index in [9.17, 15) is 9.59 Å². The summed E-state index contributed by atoms with van der Waals surface area (Å²) in [6.07, 6.45) is 0. The van der Waals surface area contributed by atoms with E-state index in [1.54, 1.807) is 26.3 Å². The molecule has 0 aliphatic carbocycles. The molecular weight excluding hydrogens is 324 g/mol. The second-order valence-corrected chi connectivity index (χ2v) is 5.48. The highest BCUT2D eigenvalue weighted by Crippen LogP contribution is 2.22. The summed E-state index contributed by atoms with van der Waals surface area (Å²) in [6.45, 7) is 1.78. The quantitative estimate of drug-likeness (QED) is 0.738. The Balaban J connectivity index is 1.74. The van der Waals surface area contributed by atoms with Crippen molar-refractivity contribution in [3.8, 4) is 5.75 Å². The third-order valence-corrected chi connectivity index (χ3v) is 3.50. The first-order valence-corrected chi connectivity index (χ1v) is 7.81. The summed E-state index contributed by atoms with van der Waals surface area (Å²) in [7, 11) is 3.18. The van der Waals surface area contributed by atoms with Gasteiger partial charge in [0.15, 0.2) is 6.61 Å². The maximum Gasteiger partial charge on any atom is 0.325 e. The predicted molar refractivity (Wildman–Crippen MR) is 92.4 cm³/mol. The number of para-hydroxylation sites is 2. The second-order valence-electron chi connectivity index (χ2n) is 5.48. The Labute approximate surface area is 146 Å². The van der Waals surface area contributed by atoms with E-state index >= 15 is 0 Å². The number of methoxy groups -OCH3 is 1. The molecule has 0 saturated heterocycles. The van der Waals surface area contributed by atoms with E-state index in [4.69, 9.17) is 13.9 Å². The number of ether oxygens (including phenoxy) is 2. The molecule has 7 heteroatoms. The highest BCUT2D eigenvalue weighted by Gasteiger charge is 2.14. The Bertz CT molecular complexity index is 726. The molecule has 1 aromatic heterocycles. The summed E-state index contributed by atoms with van der Waals surface area (Å²) in [4.78, 5) is 25.2. The summed E-state index contributed by atoms with van der Waals surface area (Å²) in [5, 5.41) is 2.92. The van der Waals surface area contributed by atoms with Crippen molar-refractivity contribution < 1.29 is 23.5 Å². The van der Waals surface area contributed by atoms with Crippen molar-refractivity contribution in [2.45, 2.75) is 13.5 Å². The van der Waals surface area contributed by atoms with E-state index in [2.05, 4.69) is 5.32 Å². The largest absolute Gasteiger partial charge is 0.495 e. The average molecular weight is 346 g/mol. The molecule has 0 aliphatic rings. The van der Waals surface area contributed by atoms with Gasteiger partial charge >= 0.3 is 5.97 Å². The number of hydrogen-bond donors (Lipinski definition) is 1. The Morgan fingerprint density at radius 1 is 1.20 bits per heavy atom. The molecule has 0 spiro atoms. The van der Waals surface area contributed by atoms with Crippen molar-refractivity contribution in [3.63, 3.8) is 0 Å². The number of aryl methyl sites for hydroxylation is 1. The number of likely N-dealkylation sites (N-methyl/N-ethyl adjacent to an activating group) is 1. The zero-order valence-corrected chi connectivity index (χ0v) is 14.6. The van der Waals surface area contributed by atoms with E-state index in [0.717, 1.165) is 5.76 Å². The van der Waals surface area contributed by atoms with Crippen LogP contribution < -0.4 is 10.1 Å². The van der Waals surface area contributed by atoms with Gasteiger partial charge in [0.05, 0.1) is 19.3 Å². The summed E-state index contributed by atoms with van der Waals surface area (Å²) in [5.41, 5.74) is 0.679. The fourth-order valence-electron chi connectivity index (χ4n) is 2.15. The van der Waals surface area contributed by atoms with Crippen LogP contribution in [0.2, 0.25) is 0 Å². The lowest BCUT2D eigenvalue weighted by Crippen LogP contribution is -2.31. The number of rotatable bonds is 8. The second kappa shape index (κ2) is 8.77. The molecule has 0 bridgehead atoms. The van der Waals surface area contributed by atoms with Gasteiger partial charge in [-0.25, -0.2) is 0 Å². The van der Waals surface area contributed by atoms with Crippen LogP contribution in [0.5, 0.6) is 5.75 Å². The highest BCUT2D eigenvalue weighted by atomic mass is 16.5. The smallest absolute Gasteiger partial charge is 0.325 e. The van der Waals surface area contributed by atoms with Gasteiger partial charge in [0.2, 0.25) is 0 Å². The molecule has 1 aromatic carbocycles. The van der Waals surface area contributed by atoms with Crippen LogP contribution in [-0.2, 0) is 20.9 Å². The first-order chi connectivity index (χ1) is 12.0. The Morgan fingerprint density at radius 3 is 2.64 bits per heavy atom. The molecule has 1 amide bonds. The Hall–Kier alpha value is -2.96. The van der Waals surface area contributed by atoms with Crippen molar-refractivity contribution in [1.82, 2.24) is 4.90 Å². The van der Waals surface area contributed by atoms with Gasteiger partial charge in [-0.3, -0.25) is 9.59 Å². The summed E-state index contributed by atoms with van der Waals surface area (Å²) in [6, 6.07) is 10.9. The number of carbonyl (C=O) groups excluding carboxylic acids is 2. The number of esters is 1. The third kappa shape index (κ3) is 5.56. The van der Waals surface area contributed by atoms with Crippen molar-refractivity contribution >= 4 is 17.6 Å².